The van der Waals surface area contributed by atoms with E-state index in [-0.39, 0.29) is 0 Å². The monoisotopic (exact) mass is 205 g/mol. The van der Waals surface area contributed by atoms with Gasteiger partial charge in [0.1, 0.15) is 0 Å². The van der Waals surface area contributed by atoms with E-state index in [9.17, 15) is 0 Å². The highest BCUT2D eigenvalue weighted by molar-refractivity contribution is 5.00. The summed E-state index contributed by atoms with van der Waals surface area (Å²) in [5, 5.41) is 0. The summed E-state index contributed by atoms with van der Waals surface area (Å²) in [6.07, 6.45) is 9.67. The van der Waals surface area contributed by atoms with Gasteiger partial charge >= 0.3 is 0 Å². The molecule has 0 spiro atoms. The fourth-order valence-electron chi connectivity index (χ4n) is 3.11. The molecule has 0 amide bonds. The zero-order valence-electron chi connectivity index (χ0n) is 9.39. The maximum Gasteiger partial charge on any atom is 0.0945 e. The number of rotatable bonds is 2. The fourth-order valence-corrected chi connectivity index (χ4v) is 3.11. The average Bonchev–Trinajstić information content (AvgIpc) is 2.66. The van der Waals surface area contributed by atoms with Crippen LogP contribution in [0, 0.1) is 5.92 Å². The SMILES string of the molecule is Cn1cncc1CN1CC2CCC1CC2. The first-order chi connectivity index (χ1) is 7.33. The van der Waals surface area contributed by atoms with Gasteiger partial charge in [-0.25, -0.2) is 4.98 Å². The first-order valence-corrected chi connectivity index (χ1v) is 6.02. The van der Waals surface area contributed by atoms with Gasteiger partial charge in [0.15, 0.2) is 0 Å². The van der Waals surface area contributed by atoms with E-state index in [1.807, 2.05) is 12.5 Å². The molecule has 3 heterocycles. The number of hydrogen-bond acceptors (Lipinski definition) is 2. The smallest absolute Gasteiger partial charge is 0.0945 e. The molecule has 2 saturated heterocycles. The van der Waals surface area contributed by atoms with Gasteiger partial charge in [-0.15, -0.1) is 0 Å². The third-order valence-corrected chi connectivity index (χ3v) is 4.11. The molecular weight excluding hydrogens is 186 g/mol. The van der Waals surface area contributed by atoms with E-state index in [4.69, 9.17) is 0 Å². The van der Waals surface area contributed by atoms with E-state index >= 15 is 0 Å². The van der Waals surface area contributed by atoms with Gasteiger partial charge in [0, 0.05) is 32.4 Å². The second-order valence-electron chi connectivity index (χ2n) is 5.10. The van der Waals surface area contributed by atoms with Crippen molar-refractivity contribution in [3.8, 4) is 0 Å². The fraction of sp³-hybridized carbons (Fsp3) is 0.750. The van der Waals surface area contributed by atoms with Crippen molar-refractivity contribution in [1.29, 1.82) is 0 Å². The number of aryl methyl sites for hydroxylation is 1. The Bertz CT molecular complexity index is 336. The quantitative estimate of drug-likeness (QED) is 0.734. The number of nitrogens with zero attached hydrogens (tertiary/aromatic N) is 3. The highest BCUT2D eigenvalue weighted by Gasteiger charge is 2.33. The number of fused-ring (bicyclic) bond motifs is 3. The van der Waals surface area contributed by atoms with Crippen LogP contribution in [-0.4, -0.2) is 27.0 Å². The minimum atomic E-state index is 0.852. The van der Waals surface area contributed by atoms with Crippen molar-refractivity contribution in [2.75, 3.05) is 6.54 Å². The van der Waals surface area contributed by atoms with Crippen molar-refractivity contribution in [2.24, 2.45) is 13.0 Å². The molecule has 0 aromatic carbocycles. The maximum atomic E-state index is 4.19. The second-order valence-corrected chi connectivity index (χ2v) is 5.10. The van der Waals surface area contributed by atoms with Crippen LogP contribution in [0.5, 0.6) is 0 Å². The molecule has 1 saturated carbocycles. The Hall–Kier alpha value is -0.830. The Morgan fingerprint density at radius 1 is 1.33 bits per heavy atom. The molecule has 0 atom stereocenters. The van der Waals surface area contributed by atoms with Gasteiger partial charge in [-0.3, -0.25) is 4.90 Å². The Labute approximate surface area is 91.1 Å². The van der Waals surface area contributed by atoms with Crippen molar-refractivity contribution in [3.05, 3.63) is 18.2 Å². The summed E-state index contributed by atoms with van der Waals surface area (Å²) in [5.41, 5.74) is 1.35. The highest BCUT2D eigenvalue weighted by atomic mass is 15.2. The van der Waals surface area contributed by atoms with Crippen LogP contribution in [0.25, 0.3) is 0 Å². The van der Waals surface area contributed by atoms with Crippen LogP contribution in [0.2, 0.25) is 0 Å². The number of hydrogen-bond donors (Lipinski definition) is 0. The van der Waals surface area contributed by atoms with Crippen molar-refractivity contribution in [3.63, 3.8) is 0 Å². The van der Waals surface area contributed by atoms with Crippen LogP contribution in [0.3, 0.4) is 0 Å². The van der Waals surface area contributed by atoms with Crippen LogP contribution >= 0.6 is 0 Å². The second kappa shape index (κ2) is 3.63. The van der Waals surface area contributed by atoms with Gasteiger partial charge in [0.25, 0.3) is 0 Å². The topological polar surface area (TPSA) is 21.1 Å². The molecule has 3 fully saturated rings. The van der Waals surface area contributed by atoms with Crippen LogP contribution in [0.1, 0.15) is 31.4 Å². The van der Waals surface area contributed by atoms with Crippen LogP contribution in [0.15, 0.2) is 12.5 Å². The summed E-state index contributed by atoms with van der Waals surface area (Å²) in [5.74, 6) is 0.975. The molecule has 0 radical (unpaired) electrons. The lowest BCUT2D eigenvalue weighted by Crippen LogP contribution is -2.47. The van der Waals surface area contributed by atoms with Crippen molar-refractivity contribution < 1.29 is 0 Å². The predicted molar refractivity (Wildman–Crippen MR) is 59.4 cm³/mol. The molecule has 1 aliphatic carbocycles. The Kier molecular flexibility index (Phi) is 2.28. The van der Waals surface area contributed by atoms with Gasteiger partial charge in [0.2, 0.25) is 0 Å². The third-order valence-electron chi connectivity index (χ3n) is 4.11. The lowest BCUT2D eigenvalue weighted by Gasteiger charge is -2.45. The molecule has 0 N–H and O–H groups in total. The van der Waals surface area contributed by atoms with E-state index < -0.39 is 0 Å². The van der Waals surface area contributed by atoms with E-state index in [1.165, 1.54) is 37.9 Å². The van der Waals surface area contributed by atoms with E-state index in [0.717, 1.165) is 18.5 Å². The summed E-state index contributed by atoms with van der Waals surface area (Å²) >= 11 is 0. The number of aromatic nitrogens is 2. The molecule has 2 bridgehead atoms. The molecule has 1 aromatic rings. The Balaban J connectivity index is 1.71. The van der Waals surface area contributed by atoms with Gasteiger partial charge in [0.05, 0.1) is 12.0 Å². The summed E-state index contributed by atoms with van der Waals surface area (Å²) in [4.78, 5) is 6.85. The minimum Gasteiger partial charge on any atom is -0.337 e. The van der Waals surface area contributed by atoms with Crippen LogP contribution in [0.4, 0.5) is 0 Å². The number of imidazole rings is 1. The lowest BCUT2D eigenvalue weighted by atomic mass is 9.80. The van der Waals surface area contributed by atoms with Crippen LogP contribution in [-0.2, 0) is 13.6 Å². The van der Waals surface area contributed by atoms with E-state index in [1.54, 1.807) is 0 Å². The highest BCUT2D eigenvalue weighted by Crippen LogP contribution is 2.35. The Morgan fingerprint density at radius 3 is 2.67 bits per heavy atom. The molecule has 3 aliphatic rings. The Morgan fingerprint density at radius 2 is 2.13 bits per heavy atom. The van der Waals surface area contributed by atoms with Crippen molar-refractivity contribution in [1.82, 2.24) is 14.5 Å². The first-order valence-electron chi connectivity index (χ1n) is 6.02. The molecule has 1 aromatic heterocycles. The standard InChI is InChI=1S/C12H19N3/c1-14-9-13-6-12(14)8-15-7-10-2-4-11(15)5-3-10/h6,9-11H,2-5,7-8H2,1H3. The molecule has 3 nitrogen and oxygen atoms in total. The third kappa shape index (κ3) is 1.69. The average molecular weight is 205 g/mol. The van der Waals surface area contributed by atoms with Crippen molar-refractivity contribution >= 4 is 0 Å². The summed E-state index contributed by atoms with van der Waals surface area (Å²) < 4.78 is 2.14. The van der Waals surface area contributed by atoms with Gasteiger partial charge in [-0.1, -0.05) is 0 Å². The molecule has 0 unspecified atom stereocenters. The first kappa shape index (κ1) is 9.40. The summed E-state index contributed by atoms with van der Waals surface area (Å²) in [7, 11) is 2.09. The molecule has 4 rings (SSSR count). The molecule has 15 heavy (non-hydrogen) atoms. The molecule has 2 aliphatic heterocycles. The van der Waals surface area contributed by atoms with E-state index in [2.05, 4.69) is 21.5 Å². The summed E-state index contributed by atoms with van der Waals surface area (Å²) in [6.45, 7) is 2.41. The van der Waals surface area contributed by atoms with Crippen molar-refractivity contribution in [2.45, 2.75) is 38.3 Å². The molecular formula is C12H19N3. The maximum absolute atomic E-state index is 4.19. The zero-order valence-corrected chi connectivity index (χ0v) is 9.39. The lowest BCUT2D eigenvalue weighted by molar-refractivity contribution is 0.0410. The summed E-state index contributed by atoms with van der Waals surface area (Å²) in [6, 6.07) is 0.852. The van der Waals surface area contributed by atoms with Crippen LogP contribution < -0.4 is 0 Å². The zero-order chi connectivity index (χ0) is 10.3. The minimum absolute atomic E-state index is 0.852. The van der Waals surface area contributed by atoms with Gasteiger partial charge in [-0.2, -0.15) is 0 Å². The number of piperidine rings is 2. The molecule has 3 heteroatoms. The normalized spacial score (nSPS) is 31.0. The predicted octanol–water partition coefficient (Wildman–Crippen LogP) is 1.79. The van der Waals surface area contributed by atoms with E-state index in [0.29, 0.717) is 0 Å². The van der Waals surface area contributed by atoms with Gasteiger partial charge < -0.3 is 4.57 Å². The largest absolute Gasteiger partial charge is 0.337 e. The molecule has 82 valence electrons. The van der Waals surface area contributed by atoms with Gasteiger partial charge in [-0.05, 0) is 31.6 Å².